The Morgan fingerprint density at radius 1 is 1.36 bits per heavy atom. The van der Waals surface area contributed by atoms with Crippen LogP contribution in [0.2, 0.25) is 0 Å². The molecule has 0 saturated heterocycles. The van der Waals surface area contributed by atoms with E-state index in [-0.39, 0.29) is 23.1 Å². The third kappa shape index (κ3) is 2.68. The molecule has 0 aliphatic heterocycles. The number of amides is 1. The fraction of sp³-hybridized carbons (Fsp3) is 0.438. The molecule has 0 atom stereocenters. The van der Waals surface area contributed by atoms with Gasteiger partial charge in [-0.05, 0) is 25.0 Å². The molecule has 6 nitrogen and oxygen atoms in total. The number of nitrogens with one attached hydrogen (secondary N) is 1. The number of rotatable bonds is 3. The molecule has 1 fully saturated rings. The predicted molar refractivity (Wildman–Crippen MR) is 82.4 cm³/mol. The Balaban J connectivity index is 1.92. The topological polar surface area (TPSA) is 72.7 Å². The Morgan fingerprint density at radius 2 is 2.14 bits per heavy atom. The molecule has 0 radical (unpaired) electrons. The van der Waals surface area contributed by atoms with E-state index in [0.717, 1.165) is 25.7 Å². The van der Waals surface area contributed by atoms with Crippen molar-refractivity contribution in [2.45, 2.75) is 38.1 Å². The van der Waals surface area contributed by atoms with Gasteiger partial charge < -0.3 is 10.1 Å². The highest BCUT2D eigenvalue weighted by Gasteiger charge is 2.20. The van der Waals surface area contributed by atoms with Crippen molar-refractivity contribution in [3.05, 3.63) is 40.4 Å². The summed E-state index contributed by atoms with van der Waals surface area (Å²) in [5.41, 5.74) is 0.0951. The van der Waals surface area contributed by atoms with Gasteiger partial charge in [0.05, 0.1) is 7.11 Å². The van der Waals surface area contributed by atoms with Gasteiger partial charge in [-0.15, -0.1) is 0 Å². The molecule has 0 aromatic carbocycles. The third-order valence-corrected chi connectivity index (χ3v) is 4.10. The van der Waals surface area contributed by atoms with Gasteiger partial charge in [-0.25, -0.2) is 4.98 Å². The first-order valence-electron chi connectivity index (χ1n) is 7.56. The number of carbonyl (C=O) groups excluding carboxylic acids is 1. The van der Waals surface area contributed by atoms with Crippen LogP contribution in [0.25, 0.3) is 5.65 Å². The van der Waals surface area contributed by atoms with Crippen LogP contribution < -0.4 is 15.6 Å². The number of nitrogens with zero attached hydrogens (tertiary/aromatic N) is 2. The first kappa shape index (κ1) is 14.6. The summed E-state index contributed by atoms with van der Waals surface area (Å²) in [5.74, 6) is 0.153. The normalized spacial score (nSPS) is 15.7. The van der Waals surface area contributed by atoms with E-state index in [2.05, 4.69) is 10.3 Å². The lowest BCUT2D eigenvalue weighted by Crippen LogP contribution is -2.39. The van der Waals surface area contributed by atoms with Crippen molar-refractivity contribution >= 4 is 11.6 Å². The first-order chi connectivity index (χ1) is 10.7. The Bertz CT molecular complexity index is 748. The smallest absolute Gasteiger partial charge is 0.270 e. The second kappa shape index (κ2) is 6.17. The highest BCUT2D eigenvalue weighted by molar-refractivity contribution is 5.94. The molecule has 1 amide bonds. The second-order valence-corrected chi connectivity index (χ2v) is 5.56. The minimum Gasteiger partial charge on any atom is -0.493 e. The fourth-order valence-corrected chi connectivity index (χ4v) is 2.91. The lowest BCUT2D eigenvalue weighted by molar-refractivity contribution is 0.0925. The molecule has 1 saturated carbocycles. The Labute approximate surface area is 128 Å². The van der Waals surface area contributed by atoms with E-state index in [0.29, 0.717) is 11.4 Å². The number of methoxy groups -OCH3 is 1. The molecule has 1 N–H and O–H groups in total. The van der Waals surface area contributed by atoms with Crippen molar-refractivity contribution in [1.29, 1.82) is 0 Å². The van der Waals surface area contributed by atoms with Crippen molar-refractivity contribution in [1.82, 2.24) is 14.7 Å². The minimum absolute atomic E-state index is 0.0660. The van der Waals surface area contributed by atoms with E-state index in [1.165, 1.54) is 24.1 Å². The molecule has 0 bridgehead atoms. The number of ether oxygens (including phenoxy) is 1. The van der Waals surface area contributed by atoms with Gasteiger partial charge in [-0.3, -0.25) is 14.0 Å². The van der Waals surface area contributed by atoms with Crippen LogP contribution in [0.4, 0.5) is 0 Å². The molecule has 2 aromatic heterocycles. The number of hydrogen-bond acceptors (Lipinski definition) is 4. The van der Waals surface area contributed by atoms with Crippen LogP contribution in [0.5, 0.6) is 5.75 Å². The van der Waals surface area contributed by atoms with Crippen LogP contribution in [0.3, 0.4) is 0 Å². The fourth-order valence-electron chi connectivity index (χ4n) is 2.91. The van der Waals surface area contributed by atoms with Gasteiger partial charge in [0.25, 0.3) is 11.5 Å². The zero-order chi connectivity index (χ0) is 15.5. The summed E-state index contributed by atoms with van der Waals surface area (Å²) in [6.45, 7) is 0. The summed E-state index contributed by atoms with van der Waals surface area (Å²) >= 11 is 0. The number of hydrogen-bond donors (Lipinski definition) is 1. The molecule has 116 valence electrons. The van der Waals surface area contributed by atoms with Crippen LogP contribution in [0.15, 0.2) is 29.3 Å². The molecule has 0 spiro atoms. The number of fused-ring (bicyclic) bond motifs is 1. The second-order valence-electron chi connectivity index (χ2n) is 5.56. The van der Waals surface area contributed by atoms with Crippen molar-refractivity contribution < 1.29 is 9.53 Å². The average Bonchev–Trinajstić information content (AvgIpc) is 2.55. The van der Waals surface area contributed by atoms with E-state index in [4.69, 9.17) is 4.74 Å². The zero-order valence-corrected chi connectivity index (χ0v) is 12.5. The van der Waals surface area contributed by atoms with Crippen LogP contribution in [0, 0.1) is 0 Å². The first-order valence-corrected chi connectivity index (χ1v) is 7.56. The molecule has 3 rings (SSSR count). The maximum absolute atomic E-state index is 12.5. The molecule has 0 unspecified atom stereocenters. The SMILES string of the molecule is COc1cccn2c(=O)c(C(=O)NC3CCCCC3)cnc12. The highest BCUT2D eigenvalue weighted by Crippen LogP contribution is 2.18. The largest absolute Gasteiger partial charge is 0.493 e. The van der Waals surface area contributed by atoms with E-state index in [9.17, 15) is 9.59 Å². The molecule has 22 heavy (non-hydrogen) atoms. The third-order valence-electron chi connectivity index (χ3n) is 4.10. The van der Waals surface area contributed by atoms with Crippen LogP contribution >= 0.6 is 0 Å². The molecule has 6 heteroatoms. The van der Waals surface area contributed by atoms with E-state index in [1.807, 2.05) is 0 Å². The Morgan fingerprint density at radius 3 is 2.86 bits per heavy atom. The molecular weight excluding hydrogens is 282 g/mol. The standard InChI is InChI=1S/C16H19N3O3/c1-22-13-8-5-9-19-14(13)17-10-12(16(19)21)15(20)18-11-6-3-2-4-7-11/h5,8-11H,2-4,6-7H2,1H3,(H,18,20). The predicted octanol–water partition coefficient (Wildman–Crippen LogP) is 1.77. The van der Waals surface area contributed by atoms with Crippen molar-refractivity contribution in [2.75, 3.05) is 7.11 Å². The van der Waals surface area contributed by atoms with Gasteiger partial charge in [0.2, 0.25) is 0 Å². The zero-order valence-electron chi connectivity index (χ0n) is 12.5. The van der Waals surface area contributed by atoms with E-state index >= 15 is 0 Å². The molecule has 2 heterocycles. The monoisotopic (exact) mass is 301 g/mol. The lowest BCUT2D eigenvalue weighted by atomic mass is 9.95. The van der Waals surface area contributed by atoms with Crippen molar-refractivity contribution in [2.24, 2.45) is 0 Å². The van der Waals surface area contributed by atoms with Crippen molar-refractivity contribution in [3.8, 4) is 5.75 Å². The molecular formula is C16H19N3O3. The summed E-state index contributed by atoms with van der Waals surface area (Å²) in [5, 5.41) is 2.95. The van der Waals surface area contributed by atoms with Gasteiger partial charge in [0.1, 0.15) is 5.56 Å². The summed E-state index contributed by atoms with van der Waals surface area (Å²) in [6.07, 6.45) is 8.33. The Hall–Kier alpha value is -2.37. The molecule has 2 aromatic rings. The van der Waals surface area contributed by atoms with E-state index in [1.54, 1.807) is 18.3 Å². The minimum atomic E-state index is -0.378. The number of carbonyl (C=O) groups is 1. The summed E-state index contributed by atoms with van der Waals surface area (Å²) in [7, 11) is 1.52. The maximum atomic E-state index is 12.5. The number of pyridine rings is 1. The average molecular weight is 301 g/mol. The summed E-state index contributed by atoms with van der Waals surface area (Å²) in [6, 6.07) is 3.58. The van der Waals surface area contributed by atoms with Gasteiger partial charge in [-0.1, -0.05) is 19.3 Å². The highest BCUT2D eigenvalue weighted by atomic mass is 16.5. The van der Waals surface area contributed by atoms with Gasteiger partial charge in [0, 0.05) is 18.4 Å². The lowest BCUT2D eigenvalue weighted by Gasteiger charge is -2.22. The summed E-state index contributed by atoms with van der Waals surface area (Å²) in [4.78, 5) is 29.0. The summed E-state index contributed by atoms with van der Waals surface area (Å²) < 4.78 is 6.52. The van der Waals surface area contributed by atoms with Gasteiger partial charge in [0.15, 0.2) is 11.4 Å². The quantitative estimate of drug-likeness (QED) is 0.937. The number of aromatic nitrogens is 2. The maximum Gasteiger partial charge on any atom is 0.270 e. The van der Waals surface area contributed by atoms with Gasteiger partial charge in [-0.2, -0.15) is 0 Å². The van der Waals surface area contributed by atoms with E-state index < -0.39 is 0 Å². The van der Waals surface area contributed by atoms with Crippen LogP contribution in [-0.2, 0) is 0 Å². The van der Waals surface area contributed by atoms with Crippen molar-refractivity contribution in [3.63, 3.8) is 0 Å². The van der Waals surface area contributed by atoms with Gasteiger partial charge >= 0.3 is 0 Å². The molecule has 1 aliphatic rings. The van der Waals surface area contributed by atoms with Crippen LogP contribution in [0.1, 0.15) is 42.5 Å². The molecule has 1 aliphatic carbocycles. The van der Waals surface area contributed by atoms with Crippen LogP contribution in [-0.4, -0.2) is 28.4 Å². The Kier molecular flexibility index (Phi) is 4.09.